The van der Waals surface area contributed by atoms with Gasteiger partial charge >= 0.3 is 0 Å². The first-order valence-electron chi connectivity index (χ1n) is 6.62. The molecule has 2 N–H and O–H groups in total. The van der Waals surface area contributed by atoms with Gasteiger partial charge in [-0.3, -0.25) is 30.2 Å². The van der Waals surface area contributed by atoms with E-state index in [0.717, 1.165) is 0 Å². The number of hydrogen-bond donors (Lipinski definition) is 2. The van der Waals surface area contributed by atoms with Crippen molar-refractivity contribution < 1.29 is 19.3 Å². The average Bonchev–Trinajstić information content (AvgIpc) is 2.54. The second-order valence-corrected chi connectivity index (χ2v) is 4.73. The van der Waals surface area contributed by atoms with E-state index in [1.807, 2.05) is 0 Å². The van der Waals surface area contributed by atoms with Crippen LogP contribution in [0.1, 0.15) is 31.8 Å². The van der Waals surface area contributed by atoms with Crippen LogP contribution in [0.25, 0.3) is 0 Å². The molecule has 0 saturated carbocycles. The highest BCUT2D eigenvalue weighted by molar-refractivity contribution is 6.31. The number of rotatable bonds is 4. The molecule has 22 heavy (non-hydrogen) atoms. The van der Waals surface area contributed by atoms with E-state index < -0.39 is 0 Å². The van der Waals surface area contributed by atoms with Crippen LogP contribution >= 0.6 is 0 Å². The van der Waals surface area contributed by atoms with Gasteiger partial charge in [0.05, 0.1) is 36.7 Å². The van der Waals surface area contributed by atoms with E-state index in [9.17, 15) is 9.59 Å². The summed E-state index contributed by atoms with van der Waals surface area (Å²) in [4.78, 5) is 35.4. The SMILES string of the molecule is CONc1ccc(NOC)c2c1C(=O)c1ccccc1C2=O. The minimum Gasteiger partial charge on any atom is -0.288 e. The maximum Gasteiger partial charge on any atom is 0.196 e. The van der Waals surface area contributed by atoms with Gasteiger partial charge in [0.1, 0.15) is 0 Å². The molecule has 0 spiro atoms. The summed E-state index contributed by atoms with van der Waals surface area (Å²) in [6.07, 6.45) is 0. The summed E-state index contributed by atoms with van der Waals surface area (Å²) >= 11 is 0. The highest BCUT2D eigenvalue weighted by atomic mass is 16.6. The van der Waals surface area contributed by atoms with Gasteiger partial charge in [-0.2, -0.15) is 0 Å². The predicted octanol–water partition coefficient (Wildman–Crippen LogP) is 2.41. The Morgan fingerprint density at radius 1 is 0.727 bits per heavy atom. The minimum atomic E-state index is -0.232. The molecule has 112 valence electrons. The van der Waals surface area contributed by atoms with E-state index in [1.165, 1.54) is 14.2 Å². The van der Waals surface area contributed by atoms with Gasteiger partial charge in [-0.25, -0.2) is 0 Å². The number of carbonyl (C=O) groups is 2. The van der Waals surface area contributed by atoms with Crippen LogP contribution in [-0.2, 0) is 9.68 Å². The van der Waals surface area contributed by atoms with Gasteiger partial charge in [0.15, 0.2) is 11.6 Å². The number of ketones is 2. The first kappa shape index (κ1) is 14.2. The lowest BCUT2D eigenvalue weighted by Crippen LogP contribution is -2.24. The number of nitrogens with one attached hydrogen (secondary N) is 2. The molecule has 0 bridgehead atoms. The van der Waals surface area contributed by atoms with Crippen molar-refractivity contribution in [2.75, 3.05) is 25.2 Å². The van der Waals surface area contributed by atoms with Crippen LogP contribution < -0.4 is 11.0 Å². The lowest BCUT2D eigenvalue weighted by atomic mass is 9.82. The first-order valence-corrected chi connectivity index (χ1v) is 6.62. The molecule has 0 atom stereocenters. The van der Waals surface area contributed by atoms with E-state index in [-0.39, 0.29) is 22.7 Å². The summed E-state index contributed by atoms with van der Waals surface area (Å²) in [5.74, 6) is -0.464. The maximum absolute atomic E-state index is 12.8. The molecule has 0 aromatic heterocycles. The highest BCUT2D eigenvalue weighted by Gasteiger charge is 2.33. The average molecular weight is 298 g/mol. The van der Waals surface area contributed by atoms with Gasteiger partial charge in [-0.05, 0) is 12.1 Å². The van der Waals surface area contributed by atoms with E-state index >= 15 is 0 Å². The van der Waals surface area contributed by atoms with Crippen molar-refractivity contribution in [2.45, 2.75) is 0 Å². The minimum absolute atomic E-state index is 0.232. The lowest BCUT2D eigenvalue weighted by molar-refractivity contribution is 0.0979. The van der Waals surface area contributed by atoms with Gasteiger partial charge < -0.3 is 0 Å². The highest BCUT2D eigenvalue weighted by Crippen LogP contribution is 2.36. The summed E-state index contributed by atoms with van der Waals surface area (Å²) in [6, 6.07) is 10.1. The third-order valence-electron chi connectivity index (χ3n) is 3.50. The van der Waals surface area contributed by atoms with Crippen LogP contribution in [0.3, 0.4) is 0 Å². The molecule has 2 aromatic carbocycles. The van der Waals surface area contributed by atoms with Crippen molar-refractivity contribution in [1.29, 1.82) is 0 Å². The van der Waals surface area contributed by atoms with Gasteiger partial charge in [0.2, 0.25) is 0 Å². The molecule has 0 unspecified atom stereocenters. The van der Waals surface area contributed by atoms with Crippen molar-refractivity contribution >= 4 is 22.9 Å². The number of carbonyl (C=O) groups excluding carboxylic acids is 2. The van der Waals surface area contributed by atoms with Gasteiger partial charge in [-0.1, -0.05) is 24.3 Å². The second kappa shape index (κ2) is 5.59. The van der Waals surface area contributed by atoms with Crippen molar-refractivity contribution in [1.82, 2.24) is 0 Å². The van der Waals surface area contributed by atoms with Crippen molar-refractivity contribution in [3.63, 3.8) is 0 Å². The third-order valence-corrected chi connectivity index (χ3v) is 3.50. The summed E-state index contributed by atoms with van der Waals surface area (Å²) < 4.78 is 0. The molecular weight excluding hydrogens is 284 g/mol. The monoisotopic (exact) mass is 298 g/mol. The largest absolute Gasteiger partial charge is 0.288 e. The van der Waals surface area contributed by atoms with E-state index in [1.54, 1.807) is 36.4 Å². The Bertz CT molecular complexity index is 707. The van der Waals surface area contributed by atoms with Crippen LogP contribution in [0.2, 0.25) is 0 Å². The van der Waals surface area contributed by atoms with E-state index in [4.69, 9.17) is 9.68 Å². The quantitative estimate of drug-likeness (QED) is 0.720. The zero-order valence-electron chi connectivity index (χ0n) is 12.1. The Hall–Kier alpha value is -2.70. The van der Waals surface area contributed by atoms with Crippen LogP contribution in [0.5, 0.6) is 0 Å². The normalized spacial score (nSPS) is 12.6. The predicted molar refractivity (Wildman–Crippen MR) is 81.0 cm³/mol. The second-order valence-electron chi connectivity index (χ2n) is 4.73. The molecule has 3 rings (SSSR count). The molecule has 1 aliphatic carbocycles. The maximum atomic E-state index is 12.8. The fraction of sp³-hybridized carbons (Fsp3) is 0.125. The molecule has 6 nitrogen and oxygen atoms in total. The van der Waals surface area contributed by atoms with E-state index in [0.29, 0.717) is 22.5 Å². The Labute approximate surface area is 127 Å². The van der Waals surface area contributed by atoms with Crippen LogP contribution in [0.4, 0.5) is 11.4 Å². The molecular formula is C16H14N2O4. The van der Waals surface area contributed by atoms with Crippen LogP contribution in [0, 0.1) is 0 Å². The van der Waals surface area contributed by atoms with Gasteiger partial charge in [-0.15, -0.1) is 0 Å². The number of benzene rings is 2. The standard InChI is InChI=1S/C16H14N2O4/c1-21-17-11-7-8-12(18-22-2)14-13(11)15(19)9-5-3-4-6-10(9)16(14)20/h3-8,17-18H,1-2H3. The topological polar surface area (TPSA) is 76.7 Å². The van der Waals surface area contributed by atoms with E-state index in [2.05, 4.69) is 11.0 Å². The molecule has 1 aliphatic rings. The molecule has 2 aromatic rings. The molecule has 0 radical (unpaired) electrons. The number of hydrogen-bond acceptors (Lipinski definition) is 6. The Kier molecular flexibility index (Phi) is 3.62. The number of fused-ring (bicyclic) bond motifs is 2. The molecule has 0 saturated heterocycles. The van der Waals surface area contributed by atoms with Crippen molar-refractivity contribution in [3.05, 3.63) is 58.7 Å². The van der Waals surface area contributed by atoms with Gasteiger partial charge in [0.25, 0.3) is 0 Å². The lowest BCUT2D eigenvalue weighted by Gasteiger charge is -2.22. The summed E-state index contributed by atoms with van der Waals surface area (Å²) in [5.41, 5.74) is 7.47. The summed E-state index contributed by atoms with van der Waals surface area (Å²) in [5, 5.41) is 0. The van der Waals surface area contributed by atoms with Crippen LogP contribution in [0.15, 0.2) is 36.4 Å². The fourth-order valence-electron chi connectivity index (χ4n) is 2.61. The fourth-order valence-corrected chi connectivity index (χ4v) is 2.61. The van der Waals surface area contributed by atoms with Crippen LogP contribution in [-0.4, -0.2) is 25.8 Å². The molecule has 0 heterocycles. The molecule has 0 amide bonds. The summed E-state index contributed by atoms with van der Waals surface area (Å²) in [6.45, 7) is 0. The van der Waals surface area contributed by atoms with Crippen molar-refractivity contribution in [2.24, 2.45) is 0 Å². The smallest absolute Gasteiger partial charge is 0.196 e. The van der Waals surface area contributed by atoms with Crippen molar-refractivity contribution in [3.8, 4) is 0 Å². The molecule has 0 aliphatic heterocycles. The third kappa shape index (κ3) is 2.05. The Morgan fingerprint density at radius 3 is 1.50 bits per heavy atom. The zero-order valence-corrected chi connectivity index (χ0v) is 12.1. The zero-order chi connectivity index (χ0) is 15.7. The summed E-state index contributed by atoms with van der Waals surface area (Å²) in [7, 11) is 2.88. The Balaban J connectivity index is 2.29. The Morgan fingerprint density at radius 2 is 1.14 bits per heavy atom. The van der Waals surface area contributed by atoms with Gasteiger partial charge in [0, 0.05) is 11.1 Å². The molecule has 0 fully saturated rings. The number of anilines is 2. The first-order chi connectivity index (χ1) is 10.7. The molecule has 6 heteroatoms.